The van der Waals surface area contributed by atoms with E-state index in [1.165, 1.54) is 97.0 Å². The van der Waals surface area contributed by atoms with Gasteiger partial charge in [-0.1, -0.05) is 115 Å². The maximum atomic E-state index is 12.0. The number of aryl methyl sites for hydroxylation is 1. The molecule has 236 valence electrons. The molecule has 0 fully saturated rings. The summed E-state index contributed by atoms with van der Waals surface area (Å²) in [5.41, 5.74) is 1.97. The van der Waals surface area contributed by atoms with Crippen molar-refractivity contribution >= 4 is 29.6 Å². The molecule has 0 aliphatic heterocycles. The first-order valence-corrected chi connectivity index (χ1v) is 16.7. The Bertz CT molecular complexity index is 777. The van der Waals surface area contributed by atoms with E-state index in [1.807, 2.05) is 21.7 Å². The third-order valence-corrected chi connectivity index (χ3v) is 7.56. The number of carbonyl (C=O) groups is 3. The number of unbranched alkanes of at least 4 members (excludes halogenated alkanes) is 15. The molecule has 1 N–H and O–H groups in total. The summed E-state index contributed by atoms with van der Waals surface area (Å²) in [5, 5.41) is 4.68. The van der Waals surface area contributed by atoms with Crippen LogP contribution in [0.25, 0.3) is 0 Å². The Hall–Kier alpha value is -2.36. The zero-order valence-electron chi connectivity index (χ0n) is 25.6. The first-order chi connectivity index (χ1) is 20.0. The Morgan fingerprint density at radius 1 is 0.780 bits per heavy atom. The summed E-state index contributed by atoms with van der Waals surface area (Å²) >= 11 is 1.58. The standard InChI is InChI=1S/C31H54N2O7S/c1-3-4-5-6-7-8-9-10-11-12-13-14-15-16-17-18-21-32-30(35)39-26-28(40-31(36)37-2)25-38-29(34)20-19-22-33-23-24-41-27-33/h23-24,27-28H,3-22,25-26H2,1-2H3/p+1. The molecule has 0 saturated heterocycles. The number of carbonyl (C=O) groups excluding carboxylic acids is 3. The summed E-state index contributed by atoms with van der Waals surface area (Å²) in [5.74, 6) is -0.410. The SMILES string of the molecule is CCCCCCCCCCCCCCCCCCNC(=O)OCC(COC(=O)CCC[n+]1ccsc1)OC(=O)OC. The van der Waals surface area contributed by atoms with Crippen molar-refractivity contribution in [2.75, 3.05) is 26.9 Å². The molecule has 10 heteroatoms. The van der Waals surface area contributed by atoms with Crippen LogP contribution in [0.1, 0.15) is 122 Å². The van der Waals surface area contributed by atoms with Crippen LogP contribution in [0.3, 0.4) is 0 Å². The summed E-state index contributed by atoms with van der Waals surface area (Å²) in [6, 6.07) is 0. The molecular weight excluding hydrogens is 544 g/mol. The molecular formula is C31H55N2O7S+. The second-order valence-electron chi connectivity index (χ2n) is 10.6. The Morgan fingerprint density at radius 2 is 1.34 bits per heavy atom. The van der Waals surface area contributed by atoms with Crippen molar-refractivity contribution in [3.05, 3.63) is 17.1 Å². The summed E-state index contributed by atoms with van der Waals surface area (Å²) < 4.78 is 21.9. The van der Waals surface area contributed by atoms with Crippen LogP contribution in [0, 0.1) is 0 Å². The molecule has 0 spiro atoms. The molecule has 1 atom stereocenters. The molecule has 1 rings (SSSR count). The average Bonchev–Trinajstić information content (AvgIpc) is 3.49. The van der Waals surface area contributed by atoms with Gasteiger partial charge in [-0.3, -0.25) is 4.79 Å². The summed E-state index contributed by atoms with van der Waals surface area (Å²) in [4.78, 5) is 35.6. The van der Waals surface area contributed by atoms with Gasteiger partial charge in [0.25, 0.3) is 0 Å². The van der Waals surface area contributed by atoms with Gasteiger partial charge in [-0.25, -0.2) is 9.59 Å². The lowest BCUT2D eigenvalue weighted by atomic mass is 10.0. The highest BCUT2D eigenvalue weighted by molar-refractivity contribution is 7.07. The van der Waals surface area contributed by atoms with Crippen molar-refractivity contribution in [2.24, 2.45) is 0 Å². The van der Waals surface area contributed by atoms with Crippen LogP contribution < -0.4 is 9.88 Å². The predicted octanol–water partition coefficient (Wildman–Crippen LogP) is 7.50. The Balaban J connectivity index is 2.00. The van der Waals surface area contributed by atoms with Gasteiger partial charge in [0.05, 0.1) is 18.9 Å². The third-order valence-electron chi connectivity index (χ3n) is 6.88. The fraction of sp³-hybridized carbons (Fsp3) is 0.806. The summed E-state index contributed by atoms with van der Waals surface area (Å²) in [6.07, 6.45) is 21.1. The van der Waals surface area contributed by atoms with E-state index in [-0.39, 0.29) is 19.6 Å². The zero-order valence-corrected chi connectivity index (χ0v) is 26.4. The number of methoxy groups -OCH3 is 1. The number of alkyl carbamates (subject to hydrolysis) is 1. The summed E-state index contributed by atoms with van der Waals surface area (Å²) in [7, 11) is 1.18. The van der Waals surface area contributed by atoms with E-state index < -0.39 is 24.3 Å². The highest BCUT2D eigenvalue weighted by Gasteiger charge is 2.20. The number of rotatable bonds is 26. The fourth-order valence-corrected chi connectivity index (χ4v) is 5.07. The van der Waals surface area contributed by atoms with Gasteiger partial charge in [0.15, 0.2) is 12.3 Å². The van der Waals surface area contributed by atoms with E-state index in [2.05, 4.69) is 17.0 Å². The van der Waals surface area contributed by atoms with Gasteiger partial charge >= 0.3 is 18.2 Å². The van der Waals surface area contributed by atoms with Crippen LogP contribution in [0.15, 0.2) is 17.1 Å². The maximum Gasteiger partial charge on any atom is 0.508 e. The average molecular weight is 600 g/mol. The molecule has 0 bridgehead atoms. The number of thiazole rings is 1. The van der Waals surface area contributed by atoms with E-state index in [0.29, 0.717) is 19.5 Å². The van der Waals surface area contributed by atoms with E-state index >= 15 is 0 Å². The van der Waals surface area contributed by atoms with Crippen molar-refractivity contribution in [1.29, 1.82) is 0 Å². The van der Waals surface area contributed by atoms with Crippen molar-refractivity contribution < 1.29 is 37.9 Å². The normalized spacial score (nSPS) is 11.6. The minimum Gasteiger partial charge on any atom is -0.462 e. The molecule has 1 aromatic heterocycles. The Labute approximate surface area is 251 Å². The van der Waals surface area contributed by atoms with E-state index in [1.54, 1.807) is 11.3 Å². The lowest BCUT2D eigenvalue weighted by molar-refractivity contribution is -0.692. The lowest BCUT2D eigenvalue weighted by Gasteiger charge is -2.17. The van der Waals surface area contributed by atoms with Crippen molar-refractivity contribution in [2.45, 2.75) is 135 Å². The molecule has 0 aliphatic carbocycles. The first kappa shape index (κ1) is 36.7. The van der Waals surface area contributed by atoms with Gasteiger partial charge in [-0.2, -0.15) is 4.57 Å². The number of hydrogen-bond acceptors (Lipinski definition) is 8. The van der Waals surface area contributed by atoms with Gasteiger partial charge in [0.1, 0.15) is 19.8 Å². The zero-order chi connectivity index (χ0) is 29.8. The Morgan fingerprint density at radius 3 is 1.88 bits per heavy atom. The molecule has 0 radical (unpaired) electrons. The third kappa shape index (κ3) is 23.0. The number of hydrogen-bond donors (Lipinski definition) is 1. The quantitative estimate of drug-likeness (QED) is 0.0509. The molecule has 0 saturated carbocycles. The molecule has 41 heavy (non-hydrogen) atoms. The van der Waals surface area contributed by atoms with Gasteiger partial charge in [0, 0.05) is 13.0 Å². The second-order valence-corrected chi connectivity index (χ2v) is 11.3. The lowest BCUT2D eigenvalue weighted by Crippen LogP contribution is -2.34. The number of esters is 1. The number of aromatic nitrogens is 1. The van der Waals surface area contributed by atoms with Crippen molar-refractivity contribution in [1.82, 2.24) is 5.32 Å². The highest BCUT2D eigenvalue weighted by Crippen LogP contribution is 2.13. The van der Waals surface area contributed by atoms with Gasteiger partial charge in [0.2, 0.25) is 5.51 Å². The minimum absolute atomic E-state index is 0.216. The van der Waals surface area contributed by atoms with Crippen LogP contribution in [-0.4, -0.2) is 51.2 Å². The van der Waals surface area contributed by atoms with E-state index in [4.69, 9.17) is 14.2 Å². The predicted molar refractivity (Wildman–Crippen MR) is 161 cm³/mol. The highest BCUT2D eigenvalue weighted by atomic mass is 32.1. The topological polar surface area (TPSA) is 104 Å². The van der Waals surface area contributed by atoms with Crippen LogP contribution in [0.5, 0.6) is 0 Å². The van der Waals surface area contributed by atoms with Gasteiger partial charge < -0.3 is 24.3 Å². The van der Waals surface area contributed by atoms with Crippen LogP contribution >= 0.6 is 11.3 Å². The molecule has 1 unspecified atom stereocenters. The minimum atomic E-state index is -0.945. The molecule has 1 aromatic rings. The van der Waals surface area contributed by atoms with E-state index in [0.717, 1.165) is 12.8 Å². The van der Waals surface area contributed by atoms with Gasteiger partial charge in [-0.05, 0) is 6.42 Å². The fourth-order valence-electron chi connectivity index (χ4n) is 4.44. The molecule has 1 heterocycles. The summed E-state index contributed by atoms with van der Waals surface area (Å²) in [6.45, 7) is 3.05. The van der Waals surface area contributed by atoms with Gasteiger partial charge in [-0.15, -0.1) is 0 Å². The number of nitrogens with zero attached hydrogens (tertiary/aromatic N) is 1. The van der Waals surface area contributed by atoms with E-state index in [9.17, 15) is 14.4 Å². The smallest absolute Gasteiger partial charge is 0.462 e. The van der Waals surface area contributed by atoms with Crippen molar-refractivity contribution in [3.8, 4) is 0 Å². The largest absolute Gasteiger partial charge is 0.508 e. The van der Waals surface area contributed by atoms with Crippen LogP contribution in [0.2, 0.25) is 0 Å². The number of nitrogens with one attached hydrogen (secondary N) is 1. The van der Waals surface area contributed by atoms with Crippen molar-refractivity contribution in [3.63, 3.8) is 0 Å². The molecule has 0 aliphatic rings. The molecule has 0 aromatic carbocycles. The number of ether oxygens (including phenoxy) is 4. The molecule has 9 nitrogen and oxygen atoms in total. The Kier molecular flexibility index (Phi) is 23.7. The monoisotopic (exact) mass is 599 g/mol. The first-order valence-electron chi connectivity index (χ1n) is 15.8. The molecule has 1 amide bonds. The number of amides is 1. The van der Waals surface area contributed by atoms with Crippen LogP contribution in [0.4, 0.5) is 9.59 Å². The van der Waals surface area contributed by atoms with Crippen LogP contribution in [-0.2, 0) is 30.3 Å². The maximum absolute atomic E-state index is 12.0. The second kappa shape index (κ2) is 26.5.